The van der Waals surface area contributed by atoms with Crippen LogP contribution in [0.4, 0.5) is 0 Å². The molecule has 1 saturated heterocycles. The fraction of sp³-hybridized carbons (Fsp3) is 0.250. The van der Waals surface area contributed by atoms with Crippen LogP contribution < -0.4 is 0 Å². The van der Waals surface area contributed by atoms with Crippen LogP contribution in [0.2, 0.25) is 0 Å². The van der Waals surface area contributed by atoms with Crippen molar-refractivity contribution >= 4 is 16.8 Å². The summed E-state index contributed by atoms with van der Waals surface area (Å²) in [6, 6.07) is 15.5. The second kappa shape index (κ2) is 6.99. The van der Waals surface area contributed by atoms with E-state index in [1.165, 1.54) is 0 Å². The first-order valence-corrected chi connectivity index (χ1v) is 8.45. The van der Waals surface area contributed by atoms with Crippen molar-refractivity contribution in [2.24, 2.45) is 0 Å². The topological polar surface area (TPSA) is 55.3 Å². The van der Waals surface area contributed by atoms with E-state index in [4.69, 9.17) is 4.74 Å². The first-order valence-electron chi connectivity index (χ1n) is 8.45. The van der Waals surface area contributed by atoms with Gasteiger partial charge in [0.15, 0.2) is 0 Å². The number of aromatic nitrogens is 2. The molecule has 4 rings (SSSR count). The summed E-state index contributed by atoms with van der Waals surface area (Å²) >= 11 is 0. The predicted octanol–water partition coefficient (Wildman–Crippen LogP) is 3.06. The van der Waals surface area contributed by atoms with Crippen molar-refractivity contribution in [3.05, 3.63) is 72.2 Å². The van der Waals surface area contributed by atoms with Gasteiger partial charge in [0.1, 0.15) is 5.69 Å². The number of carbonyl (C=O) groups excluding carboxylic acids is 1. The Balaban J connectivity index is 1.39. The molecule has 1 aliphatic heterocycles. The van der Waals surface area contributed by atoms with Crippen LogP contribution in [0.5, 0.6) is 0 Å². The predicted molar refractivity (Wildman–Crippen MR) is 95.1 cm³/mol. The minimum atomic E-state index is -0.0271. The van der Waals surface area contributed by atoms with Gasteiger partial charge < -0.3 is 9.64 Å². The van der Waals surface area contributed by atoms with Crippen LogP contribution in [-0.4, -0.2) is 40.0 Å². The Morgan fingerprint density at radius 3 is 2.84 bits per heavy atom. The van der Waals surface area contributed by atoms with E-state index in [-0.39, 0.29) is 12.0 Å². The number of benzene rings is 1. The number of ether oxygens (including phenoxy) is 1. The molecule has 3 aromatic rings. The molecule has 1 atom stereocenters. The van der Waals surface area contributed by atoms with E-state index < -0.39 is 0 Å². The number of nitrogens with zero attached hydrogens (tertiary/aromatic N) is 3. The fourth-order valence-electron chi connectivity index (χ4n) is 3.09. The van der Waals surface area contributed by atoms with Gasteiger partial charge in [0.2, 0.25) is 0 Å². The average molecular weight is 333 g/mol. The lowest BCUT2D eigenvalue weighted by molar-refractivity contribution is 0.0436. The van der Waals surface area contributed by atoms with Crippen molar-refractivity contribution in [2.75, 3.05) is 13.1 Å². The Hall–Kier alpha value is -2.79. The highest BCUT2D eigenvalue weighted by atomic mass is 16.5. The highest BCUT2D eigenvalue weighted by Gasteiger charge is 2.28. The van der Waals surface area contributed by atoms with E-state index in [0.717, 1.165) is 22.9 Å². The molecule has 126 valence electrons. The quantitative estimate of drug-likeness (QED) is 0.736. The van der Waals surface area contributed by atoms with Gasteiger partial charge in [0.05, 0.1) is 18.2 Å². The van der Waals surface area contributed by atoms with Crippen LogP contribution in [0, 0.1) is 0 Å². The van der Waals surface area contributed by atoms with Crippen LogP contribution in [0.1, 0.15) is 22.5 Å². The molecule has 0 N–H and O–H groups in total. The maximum absolute atomic E-state index is 12.7. The van der Waals surface area contributed by atoms with Gasteiger partial charge in [0.25, 0.3) is 5.91 Å². The zero-order valence-electron chi connectivity index (χ0n) is 13.8. The lowest BCUT2D eigenvalue weighted by atomic mass is 10.2. The molecule has 0 spiro atoms. The van der Waals surface area contributed by atoms with Gasteiger partial charge in [-0.1, -0.05) is 24.3 Å². The summed E-state index contributed by atoms with van der Waals surface area (Å²) in [5.41, 5.74) is 2.43. The highest BCUT2D eigenvalue weighted by Crippen LogP contribution is 2.18. The van der Waals surface area contributed by atoms with Gasteiger partial charge >= 0.3 is 0 Å². The molecule has 25 heavy (non-hydrogen) atoms. The Morgan fingerprint density at radius 1 is 1.12 bits per heavy atom. The summed E-state index contributed by atoms with van der Waals surface area (Å²) in [6.07, 6.45) is 4.44. The number of fused-ring (bicyclic) bond motifs is 1. The number of para-hydroxylation sites is 1. The molecule has 1 aromatic carbocycles. The fourth-order valence-corrected chi connectivity index (χ4v) is 3.09. The van der Waals surface area contributed by atoms with Crippen LogP contribution in [0.15, 0.2) is 60.9 Å². The first-order chi connectivity index (χ1) is 12.3. The van der Waals surface area contributed by atoms with Gasteiger partial charge in [-0.3, -0.25) is 9.78 Å². The van der Waals surface area contributed by atoms with Crippen molar-refractivity contribution in [1.29, 1.82) is 0 Å². The monoisotopic (exact) mass is 333 g/mol. The summed E-state index contributed by atoms with van der Waals surface area (Å²) in [5.74, 6) is -0.0271. The molecular weight excluding hydrogens is 314 g/mol. The zero-order valence-corrected chi connectivity index (χ0v) is 13.8. The van der Waals surface area contributed by atoms with E-state index in [1.54, 1.807) is 18.5 Å². The third-order valence-electron chi connectivity index (χ3n) is 4.48. The number of rotatable bonds is 4. The highest BCUT2D eigenvalue weighted by molar-refractivity contribution is 5.95. The van der Waals surface area contributed by atoms with Crippen LogP contribution in [0.25, 0.3) is 10.9 Å². The summed E-state index contributed by atoms with van der Waals surface area (Å²) in [4.78, 5) is 23.0. The molecule has 5 heteroatoms. The van der Waals surface area contributed by atoms with Gasteiger partial charge in [-0.05, 0) is 36.2 Å². The number of carbonyl (C=O) groups is 1. The Kier molecular flexibility index (Phi) is 4.39. The molecule has 3 heterocycles. The zero-order chi connectivity index (χ0) is 17.1. The maximum atomic E-state index is 12.7. The summed E-state index contributed by atoms with van der Waals surface area (Å²) in [5, 5.41) is 1.04. The molecule has 1 fully saturated rings. The molecule has 2 aromatic heterocycles. The van der Waals surface area contributed by atoms with Crippen LogP contribution >= 0.6 is 0 Å². The lowest BCUT2D eigenvalue weighted by Gasteiger charge is -2.16. The number of amides is 1. The molecule has 1 unspecified atom stereocenters. The molecule has 0 bridgehead atoms. The van der Waals surface area contributed by atoms with E-state index in [0.29, 0.717) is 25.4 Å². The van der Waals surface area contributed by atoms with Crippen molar-refractivity contribution in [3.63, 3.8) is 0 Å². The van der Waals surface area contributed by atoms with Crippen molar-refractivity contribution in [3.8, 4) is 0 Å². The van der Waals surface area contributed by atoms with Gasteiger partial charge in [-0.15, -0.1) is 0 Å². The number of hydrogen-bond donors (Lipinski definition) is 0. The van der Waals surface area contributed by atoms with Gasteiger partial charge in [-0.2, -0.15) is 0 Å². The average Bonchev–Trinajstić information content (AvgIpc) is 3.15. The van der Waals surface area contributed by atoms with E-state index in [1.807, 2.05) is 47.4 Å². The van der Waals surface area contributed by atoms with Crippen LogP contribution in [0.3, 0.4) is 0 Å². The number of pyridine rings is 2. The molecule has 1 aliphatic rings. The Labute approximate surface area is 146 Å². The van der Waals surface area contributed by atoms with E-state index in [9.17, 15) is 4.79 Å². The molecule has 0 radical (unpaired) electrons. The molecule has 0 saturated carbocycles. The molecule has 5 nitrogen and oxygen atoms in total. The molecule has 1 amide bonds. The largest absolute Gasteiger partial charge is 0.372 e. The van der Waals surface area contributed by atoms with Crippen LogP contribution in [-0.2, 0) is 11.3 Å². The standard InChI is InChI=1S/C20H19N3O2/c24-20(19-6-5-16-3-1-2-4-18(16)22-19)23-12-9-17(13-23)25-14-15-7-10-21-11-8-15/h1-8,10-11,17H,9,12-14H2. The number of hydrogen-bond acceptors (Lipinski definition) is 4. The smallest absolute Gasteiger partial charge is 0.272 e. The summed E-state index contributed by atoms with van der Waals surface area (Å²) in [7, 11) is 0. The SMILES string of the molecule is O=C(c1ccc2ccccc2n1)N1CCC(OCc2ccncc2)C1. The van der Waals surface area contributed by atoms with E-state index >= 15 is 0 Å². The van der Waals surface area contributed by atoms with Crippen molar-refractivity contribution < 1.29 is 9.53 Å². The minimum absolute atomic E-state index is 0.0271. The summed E-state index contributed by atoms with van der Waals surface area (Å²) in [6.45, 7) is 1.86. The maximum Gasteiger partial charge on any atom is 0.272 e. The lowest BCUT2D eigenvalue weighted by Crippen LogP contribution is -2.30. The normalized spacial score (nSPS) is 17.1. The van der Waals surface area contributed by atoms with Crippen molar-refractivity contribution in [1.82, 2.24) is 14.9 Å². The second-order valence-electron chi connectivity index (χ2n) is 6.22. The van der Waals surface area contributed by atoms with Crippen molar-refractivity contribution in [2.45, 2.75) is 19.1 Å². The third kappa shape index (κ3) is 3.51. The second-order valence-corrected chi connectivity index (χ2v) is 6.22. The third-order valence-corrected chi connectivity index (χ3v) is 4.48. The Morgan fingerprint density at radius 2 is 1.96 bits per heavy atom. The Bertz CT molecular complexity index is 882. The first kappa shape index (κ1) is 15.7. The number of likely N-dealkylation sites (tertiary alicyclic amines) is 1. The minimum Gasteiger partial charge on any atom is -0.372 e. The molecule has 0 aliphatic carbocycles. The summed E-state index contributed by atoms with van der Waals surface area (Å²) < 4.78 is 5.93. The van der Waals surface area contributed by atoms with Gasteiger partial charge in [0, 0.05) is 30.9 Å². The van der Waals surface area contributed by atoms with E-state index in [2.05, 4.69) is 9.97 Å². The van der Waals surface area contributed by atoms with Gasteiger partial charge in [-0.25, -0.2) is 4.98 Å². The molecular formula is C20H19N3O2.